The van der Waals surface area contributed by atoms with E-state index < -0.39 is 24.0 Å². The number of amides is 4. The predicted molar refractivity (Wildman–Crippen MR) is 119 cm³/mol. The molecule has 0 bridgehead atoms. The number of imide groups is 1. The Morgan fingerprint density at radius 1 is 0.844 bits per heavy atom. The van der Waals surface area contributed by atoms with E-state index in [2.05, 4.69) is 10.6 Å². The van der Waals surface area contributed by atoms with Gasteiger partial charge in [0.05, 0.1) is 6.54 Å². The number of carbonyl (C=O) groups excluding carboxylic acids is 4. The summed E-state index contributed by atoms with van der Waals surface area (Å²) in [4.78, 5) is 51.5. The van der Waals surface area contributed by atoms with Gasteiger partial charge in [-0.15, -0.1) is 0 Å². The van der Waals surface area contributed by atoms with Gasteiger partial charge in [0.1, 0.15) is 0 Å². The van der Waals surface area contributed by atoms with Crippen molar-refractivity contribution >= 4 is 29.3 Å². The second-order valence-electron chi connectivity index (χ2n) is 7.49. The van der Waals surface area contributed by atoms with Gasteiger partial charge in [-0.25, -0.2) is 4.79 Å². The largest absolute Gasteiger partial charge is 0.326 e. The standard InChI is InChI=1S/C25H21N3O4/c1-17(29)26-21-14-12-18(13-15-21)22(30)16-28-23(31)25(27-24(28)32,19-8-4-2-5-9-19)20-10-6-3-7-11-20/h2-15H,16H2,1H3,(H,26,29)(H,27,32). The molecular formula is C25H21N3O4. The molecule has 2 N–H and O–H groups in total. The van der Waals surface area contributed by atoms with Gasteiger partial charge < -0.3 is 10.6 Å². The molecule has 3 aromatic carbocycles. The Kier molecular flexibility index (Phi) is 5.55. The average molecular weight is 427 g/mol. The summed E-state index contributed by atoms with van der Waals surface area (Å²) in [5, 5.41) is 5.45. The van der Waals surface area contributed by atoms with Gasteiger partial charge in [0, 0.05) is 18.2 Å². The van der Waals surface area contributed by atoms with Crippen molar-refractivity contribution in [1.29, 1.82) is 0 Å². The number of ketones is 1. The molecule has 7 heteroatoms. The van der Waals surface area contributed by atoms with Crippen LogP contribution in [-0.2, 0) is 15.1 Å². The van der Waals surface area contributed by atoms with Crippen molar-refractivity contribution in [3.8, 4) is 0 Å². The summed E-state index contributed by atoms with van der Waals surface area (Å²) in [6.07, 6.45) is 0. The first-order valence-corrected chi connectivity index (χ1v) is 10.1. The van der Waals surface area contributed by atoms with E-state index in [-0.39, 0.29) is 11.7 Å². The van der Waals surface area contributed by atoms with Gasteiger partial charge >= 0.3 is 6.03 Å². The monoisotopic (exact) mass is 427 g/mol. The van der Waals surface area contributed by atoms with Crippen LogP contribution in [0.3, 0.4) is 0 Å². The lowest BCUT2D eigenvalue weighted by Gasteiger charge is -2.28. The summed E-state index contributed by atoms with van der Waals surface area (Å²) in [5.41, 5.74) is 0.695. The first kappa shape index (κ1) is 21.0. The Balaban J connectivity index is 1.64. The molecule has 32 heavy (non-hydrogen) atoms. The van der Waals surface area contributed by atoms with Gasteiger partial charge in [0.15, 0.2) is 11.3 Å². The van der Waals surface area contributed by atoms with Crippen LogP contribution in [0.5, 0.6) is 0 Å². The second-order valence-corrected chi connectivity index (χ2v) is 7.49. The topological polar surface area (TPSA) is 95.6 Å². The molecule has 0 spiro atoms. The molecule has 1 fully saturated rings. The highest BCUT2D eigenvalue weighted by Gasteiger charge is 2.53. The Bertz CT molecular complexity index is 1140. The van der Waals surface area contributed by atoms with Gasteiger partial charge in [-0.1, -0.05) is 60.7 Å². The lowest BCUT2D eigenvalue weighted by atomic mass is 9.82. The van der Waals surface area contributed by atoms with Crippen LogP contribution in [0.25, 0.3) is 0 Å². The third-order valence-corrected chi connectivity index (χ3v) is 5.35. The third-order valence-electron chi connectivity index (χ3n) is 5.35. The van der Waals surface area contributed by atoms with E-state index in [4.69, 9.17) is 0 Å². The SMILES string of the molecule is CC(=O)Nc1ccc(C(=O)CN2C(=O)NC(c3ccccc3)(c3ccccc3)C2=O)cc1. The molecule has 1 aliphatic rings. The molecule has 0 radical (unpaired) electrons. The number of anilines is 1. The molecule has 4 amide bonds. The van der Waals surface area contributed by atoms with E-state index in [1.54, 1.807) is 72.8 Å². The molecule has 0 saturated carbocycles. The first-order chi connectivity index (χ1) is 15.4. The maximum absolute atomic E-state index is 13.6. The Morgan fingerprint density at radius 3 is 1.88 bits per heavy atom. The van der Waals surface area contributed by atoms with Crippen LogP contribution in [0.1, 0.15) is 28.4 Å². The highest BCUT2D eigenvalue weighted by Crippen LogP contribution is 2.36. The van der Waals surface area contributed by atoms with Crippen molar-refractivity contribution in [3.05, 3.63) is 102 Å². The zero-order valence-electron chi connectivity index (χ0n) is 17.4. The number of benzene rings is 3. The summed E-state index contributed by atoms with van der Waals surface area (Å²) in [5.74, 6) is -1.12. The van der Waals surface area contributed by atoms with Gasteiger partial charge in [0.25, 0.3) is 5.91 Å². The molecule has 0 atom stereocenters. The molecule has 0 unspecified atom stereocenters. The van der Waals surface area contributed by atoms with Crippen molar-refractivity contribution in [2.24, 2.45) is 0 Å². The number of urea groups is 1. The fraction of sp³-hybridized carbons (Fsp3) is 0.120. The summed E-state index contributed by atoms with van der Waals surface area (Å²) >= 11 is 0. The highest BCUT2D eigenvalue weighted by atomic mass is 16.2. The highest BCUT2D eigenvalue weighted by molar-refractivity contribution is 6.13. The van der Waals surface area contributed by atoms with E-state index in [9.17, 15) is 19.2 Å². The number of hydrogen-bond donors (Lipinski definition) is 2. The normalized spacial score (nSPS) is 14.7. The summed E-state index contributed by atoms with van der Waals surface area (Å²) in [6.45, 7) is 0.994. The Hall–Kier alpha value is -4.26. The molecule has 7 nitrogen and oxygen atoms in total. The lowest BCUT2D eigenvalue weighted by molar-refractivity contribution is -0.130. The Morgan fingerprint density at radius 2 is 1.38 bits per heavy atom. The van der Waals surface area contributed by atoms with Gasteiger partial charge in [-0.3, -0.25) is 19.3 Å². The summed E-state index contributed by atoms with van der Waals surface area (Å²) < 4.78 is 0. The van der Waals surface area contributed by atoms with Gasteiger partial charge in [-0.2, -0.15) is 0 Å². The number of nitrogens with zero attached hydrogens (tertiary/aromatic N) is 1. The predicted octanol–water partition coefficient (Wildman–Crippen LogP) is 3.32. The van der Waals surface area contributed by atoms with E-state index in [1.807, 2.05) is 12.1 Å². The van der Waals surface area contributed by atoms with E-state index in [0.717, 1.165) is 4.90 Å². The molecule has 0 aromatic heterocycles. The first-order valence-electron chi connectivity index (χ1n) is 10.1. The molecule has 4 rings (SSSR count). The second kappa shape index (κ2) is 8.47. The van der Waals surface area contributed by atoms with Crippen molar-refractivity contribution in [1.82, 2.24) is 10.2 Å². The third kappa shape index (κ3) is 3.76. The number of Topliss-reactive ketones (excluding diaryl/α,β-unsaturated/α-hetero) is 1. The fourth-order valence-corrected chi connectivity index (χ4v) is 3.83. The number of rotatable bonds is 6. The van der Waals surface area contributed by atoms with Gasteiger partial charge in [-0.05, 0) is 35.4 Å². The molecule has 3 aromatic rings. The van der Waals surface area contributed by atoms with Crippen LogP contribution in [0, 0.1) is 0 Å². The smallest absolute Gasteiger partial charge is 0.325 e. The summed E-state index contributed by atoms with van der Waals surface area (Å²) in [6, 6.07) is 23.6. The average Bonchev–Trinajstić information content (AvgIpc) is 3.06. The fourth-order valence-electron chi connectivity index (χ4n) is 3.83. The van der Waals surface area contributed by atoms with Crippen LogP contribution >= 0.6 is 0 Å². The number of hydrogen-bond acceptors (Lipinski definition) is 4. The van der Waals surface area contributed by atoms with E-state index in [0.29, 0.717) is 22.4 Å². The molecule has 1 aliphatic heterocycles. The maximum atomic E-state index is 13.6. The van der Waals surface area contributed by atoms with E-state index in [1.165, 1.54) is 6.92 Å². The molecule has 160 valence electrons. The maximum Gasteiger partial charge on any atom is 0.325 e. The zero-order chi connectivity index (χ0) is 22.7. The minimum Gasteiger partial charge on any atom is -0.326 e. The van der Waals surface area contributed by atoms with Crippen LogP contribution < -0.4 is 10.6 Å². The number of carbonyl (C=O) groups is 4. The van der Waals surface area contributed by atoms with Gasteiger partial charge in [0.2, 0.25) is 5.91 Å². The minimum atomic E-state index is -1.41. The molecule has 1 saturated heterocycles. The zero-order valence-corrected chi connectivity index (χ0v) is 17.4. The van der Waals surface area contributed by atoms with Crippen molar-refractivity contribution in [2.75, 3.05) is 11.9 Å². The van der Waals surface area contributed by atoms with Crippen LogP contribution in [0.2, 0.25) is 0 Å². The molecule has 0 aliphatic carbocycles. The quantitative estimate of drug-likeness (QED) is 0.466. The van der Waals surface area contributed by atoms with Crippen molar-refractivity contribution in [2.45, 2.75) is 12.5 Å². The molecule has 1 heterocycles. The lowest BCUT2D eigenvalue weighted by Crippen LogP contribution is -2.45. The van der Waals surface area contributed by atoms with Crippen molar-refractivity contribution in [3.63, 3.8) is 0 Å². The van der Waals surface area contributed by atoms with Crippen LogP contribution in [0.4, 0.5) is 10.5 Å². The van der Waals surface area contributed by atoms with Crippen molar-refractivity contribution < 1.29 is 19.2 Å². The Labute approximate surface area is 185 Å². The summed E-state index contributed by atoms with van der Waals surface area (Å²) in [7, 11) is 0. The number of nitrogens with one attached hydrogen (secondary N) is 2. The van der Waals surface area contributed by atoms with Crippen LogP contribution in [0.15, 0.2) is 84.9 Å². The van der Waals surface area contributed by atoms with E-state index >= 15 is 0 Å². The minimum absolute atomic E-state index is 0.221. The van der Waals surface area contributed by atoms with Crippen LogP contribution in [-0.4, -0.2) is 35.1 Å². The molecular weight excluding hydrogens is 406 g/mol.